The average molecular weight is 282 g/mol. The summed E-state index contributed by atoms with van der Waals surface area (Å²) in [4.78, 5) is 3.98. The molecule has 2 rings (SSSR count). The van der Waals surface area contributed by atoms with Gasteiger partial charge >= 0.3 is 0 Å². The van der Waals surface area contributed by atoms with Crippen molar-refractivity contribution in [2.45, 2.75) is 51.4 Å². The highest BCUT2D eigenvalue weighted by Gasteiger charge is 2.26. The van der Waals surface area contributed by atoms with E-state index in [-0.39, 0.29) is 0 Å². The largest absolute Gasteiger partial charge is 0.383 e. The molecule has 3 nitrogen and oxygen atoms in total. The van der Waals surface area contributed by atoms with E-state index in [0.717, 1.165) is 25.7 Å². The van der Waals surface area contributed by atoms with E-state index in [4.69, 9.17) is 4.74 Å². The number of hydrogen-bond donors (Lipinski definition) is 1. The first-order valence-corrected chi connectivity index (χ1v) is 8.09. The van der Waals surface area contributed by atoms with Crippen molar-refractivity contribution >= 4 is 11.3 Å². The molecule has 0 aromatic carbocycles. The van der Waals surface area contributed by atoms with Gasteiger partial charge in [0.1, 0.15) is 0 Å². The van der Waals surface area contributed by atoms with Gasteiger partial charge in [-0.05, 0) is 38.1 Å². The number of thiophene rings is 1. The number of nitrogens with one attached hydrogen (secondary N) is 1. The first-order chi connectivity index (χ1) is 9.20. The van der Waals surface area contributed by atoms with E-state index in [0.29, 0.717) is 12.1 Å². The van der Waals surface area contributed by atoms with Crippen molar-refractivity contribution in [2.75, 3.05) is 20.3 Å². The van der Waals surface area contributed by atoms with Crippen LogP contribution in [0, 0.1) is 0 Å². The van der Waals surface area contributed by atoms with Crippen LogP contribution in [0.4, 0.5) is 0 Å². The van der Waals surface area contributed by atoms with Crippen LogP contribution < -0.4 is 5.32 Å². The van der Waals surface area contributed by atoms with Crippen LogP contribution in [0.2, 0.25) is 0 Å². The maximum absolute atomic E-state index is 5.43. The molecule has 4 heteroatoms. The Labute approximate surface area is 121 Å². The van der Waals surface area contributed by atoms with Gasteiger partial charge < -0.3 is 10.1 Å². The predicted octanol–water partition coefficient (Wildman–Crippen LogP) is 2.73. The summed E-state index contributed by atoms with van der Waals surface area (Å²) in [7, 11) is 1.80. The Morgan fingerprint density at radius 3 is 2.79 bits per heavy atom. The molecule has 0 aliphatic heterocycles. The minimum Gasteiger partial charge on any atom is -0.383 e. The third-order valence-corrected chi connectivity index (χ3v) is 4.49. The molecule has 0 spiro atoms. The van der Waals surface area contributed by atoms with Crippen LogP contribution >= 0.6 is 11.3 Å². The van der Waals surface area contributed by atoms with E-state index < -0.39 is 0 Å². The zero-order valence-electron chi connectivity index (χ0n) is 12.3. The Hall–Kier alpha value is -0.420. The van der Waals surface area contributed by atoms with E-state index in [2.05, 4.69) is 41.6 Å². The summed E-state index contributed by atoms with van der Waals surface area (Å²) in [6.45, 7) is 7.39. The van der Waals surface area contributed by atoms with Crippen molar-refractivity contribution in [3.05, 3.63) is 22.4 Å². The van der Waals surface area contributed by atoms with Crippen LogP contribution in [0.1, 0.15) is 31.6 Å². The van der Waals surface area contributed by atoms with Gasteiger partial charge in [-0.15, -0.1) is 11.3 Å². The lowest BCUT2D eigenvalue weighted by Crippen LogP contribution is -2.48. The lowest BCUT2D eigenvalue weighted by molar-refractivity contribution is 0.0644. The average Bonchev–Trinajstić information content (AvgIpc) is 3.06. The predicted molar refractivity (Wildman–Crippen MR) is 81.7 cm³/mol. The molecule has 0 amide bonds. The van der Waals surface area contributed by atoms with Gasteiger partial charge in [-0.2, -0.15) is 0 Å². The van der Waals surface area contributed by atoms with Gasteiger partial charge in [0, 0.05) is 43.2 Å². The molecule has 1 N–H and O–H groups in total. The first kappa shape index (κ1) is 15.0. The van der Waals surface area contributed by atoms with Crippen molar-refractivity contribution in [1.82, 2.24) is 10.2 Å². The number of rotatable bonds is 9. The molecule has 19 heavy (non-hydrogen) atoms. The van der Waals surface area contributed by atoms with E-state index in [1.807, 2.05) is 11.3 Å². The first-order valence-electron chi connectivity index (χ1n) is 7.21. The molecule has 1 fully saturated rings. The van der Waals surface area contributed by atoms with Crippen molar-refractivity contribution in [3.63, 3.8) is 0 Å². The second-order valence-electron chi connectivity index (χ2n) is 5.64. The highest BCUT2D eigenvalue weighted by atomic mass is 32.1. The fourth-order valence-corrected chi connectivity index (χ4v) is 3.08. The molecule has 1 heterocycles. The molecular weight excluding hydrogens is 256 g/mol. The van der Waals surface area contributed by atoms with Crippen LogP contribution in [0.15, 0.2) is 17.5 Å². The zero-order chi connectivity index (χ0) is 13.7. The van der Waals surface area contributed by atoms with Gasteiger partial charge in [0.25, 0.3) is 0 Å². The Morgan fingerprint density at radius 1 is 1.47 bits per heavy atom. The summed E-state index contributed by atoms with van der Waals surface area (Å²) in [5.41, 5.74) is 0. The molecule has 1 unspecified atom stereocenters. The number of nitrogens with zero attached hydrogens (tertiary/aromatic N) is 1. The van der Waals surface area contributed by atoms with Crippen LogP contribution in [-0.4, -0.2) is 43.3 Å². The standard InChI is InChI=1S/C15H26N2OS/c1-12(2)17(10-15-5-4-8-19-15)14(11-18-3)9-16-13-6-7-13/h4-5,8,12-14,16H,6-7,9-11H2,1-3H3. The minimum absolute atomic E-state index is 0.452. The highest BCUT2D eigenvalue weighted by molar-refractivity contribution is 7.09. The van der Waals surface area contributed by atoms with Gasteiger partial charge in [0.15, 0.2) is 0 Å². The quantitative estimate of drug-likeness (QED) is 0.754. The Kier molecular flexibility index (Phi) is 5.82. The minimum atomic E-state index is 0.452. The highest BCUT2D eigenvalue weighted by Crippen LogP contribution is 2.20. The van der Waals surface area contributed by atoms with Crippen LogP contribution in [0.5, 0.6) is 0 Å². The molecule has 1 aromatic heterocycles. The van der Waals surface area contributed by atoms with Gasteiger partial charge in [0.05, 0.1) is 6.61 Å². The summed E-state index contributed by atoms with van der Waals surface area (Å²) in [5.74, 6) is 0. The maximum Gasteiger partial charge on any atom is 0.0630 e. The lowest BCUT2D eigenvalue weighted by Gasteiger charge is -2.34. The molecule has 0 radical (unpaired) electrons. The normalized spacial score (nSPS) is 17.3. The van der Waals surface area contributed by atoms with Crippen molar-refractivity contribution in [3.8, 4) is 0 Å². The third-order valence-electron chi connectivity index (χ3n) is 3.63. The van der Waals surface area contributed by atoms with Gasteiger partial charge in [-0.25, -0.2) is 0 Å². The Bertz CT molecular complexity index is 349. The van der Waals surface area contributed by atoms with Gasteiger partial charge in [-0.1, -0.05) is 6.07 Å². The van der Waals surface area contributed by atoms with E-state index >= 15 is 0 Å². The fraction of sp³-hybridized carbons (Fsp3) is 0.733. The van der Waals surface area contributed by atoms with Crippen LogP contribution in [0.25, 0.3) is 0 Å². The zero-order valence-corrected chi connectivity index (χ0v) is 13.1. The lowest BCUT2D eigenvalue weighted by atomic mass is 10.2. The number of methoxy groups -OCH3 is 1. The number of ether oxygens (including phenoxy) is 1. The Morgan fingerprint density at radius 2 is 2.26 bits per heavy atom. The molecule has 0 bridgehead atoms. The molecular formula is C15H26N2OS. The summed E-state index contributed by atoms with van der Waals surface area (Å²) < 4.78 is 5.43. The molecule has 1 atom stereocenters. The second-order valence-corrected chi connectivity index (χ2v) is 6.67. The summed E-state index contributed by atoms with van der Waals surface area (Å²) in [6, 6.07) is 6.09. The summed E-state index contributed by atoms with van der Waals surface area (Å²) >= 11 is 1.84. The molecule has 1 aliphatic carbocycles. The van der Waals surface area contributed by atoms with Crippen molar-refractivity contribution < 1.29 is 4.74 Å². The van der Waals surface area contributed by atoms with Crippen molar-refractivity contribution in [1.29, 1.82) is 0 Å². The van der Waals surface area contributed by atoms with Crippen LogP contribution in [0.3, 0.4) is 0 Å². The third kappa shape index (κ3) is 4.88. The van der Waals surface area contributed by atoms with Gasteiger partial charge in [-0.3, -0.25) is 4.90 Å². The summed E-state index contributed by atoms with van der Waals surface area (Å²) in [5, 5.41) is 5.79. The van der Waals surface area contributed by atoms with E-state index in [9.17, 15) is 0 Å². The van der Waals surface area contributed by atoms with Crippen molar-refractivity contribution in [2.24, 2.45) is 0 Å². The monoisotopic (exact) mass is 282 g/mol. The molecule has 1 aromatic rings. The topological polar surface area (TPSA) is 24.5 Å². The van der Waals surface area contributed by atoms with Gasteiger partial charge in [0.2, 0.25) is 0 Å². The van der Waals surface area contributed by atoms with Crippen LogP contribution in [-0.2, 0) is 11.3 Å². The Balaban J connectivity index is 1.94. The smallest absolute Gasteiger partial charge is 0.0630 e. The SMILES string of the molecule is COCC(CNC1CC1)N(Cc1cccs1)C(C)C. The molecule has 1 aliphatic rings. The molecule has 1 saturated carbocycles. The van der Waals surface area contributed by atoms with E-state index in [1.165, 1.54) is 17.7 Å². The fourth-order valence-electron chi connectivity index (χ4n) is 2.37. The van der Waals surface area contributed by atoms with E-state index in [1.54, 1.807) is 7.11 Å². The second kappa shape index (κ2) is 7.39. The molecule has 108 valence electrons. The number of hydrogen-bond acceptors (Lipinski definition) is 4. The molecule has 0 saturated heterocycles. The maximum atomic E-state index is 5.43. The summed E-state index contributed by atoms with van der Waals surface area (Å²) in [6.07, 6.45) is 2.68.